The number of rotatable bonds is 6. The first-order chi connectivity index (χ1) is 8.27. The minimum atomic E-state index is 0.0360. The quantitative estimate of drug-likeness (QED) is 0.791. The second-order valence-electron chi connectivity index (χ2n) is 4.42. The SMILES string of the molecule is CCN(CCCN)c1nccn(C2CC2)c1=O. The van der Waals surface area contributed by atoms with Crippen molar-refractivity contribution in [1.82, 2.24) is 9.55 Å². The molecule has 1 aliphatic rings. The lowest BCUT2D eigenvalue weighted by Crippen LogP contribution is -2.34. The van der Waals surface area contributed by atoms with E-state index in [1.165, 1.54) is 0 Å². The van der Waals surface area contributed by atoms with Crippen molar-refractivity contribution >= 4 is 5.82 Å². The van der Waals surface area contributed by atoms with Crippen LogP contribution in [0.2, 0.25) is 0 Å². The van der Waals surface area contributed by atoms with Gasteiger partial charge in [-0.2, -0.15) is 0 Å². The summed E-state index contributed by atoms with van der Waals surface area (Å²) in [5.74, 6) is 0.565. The first kappa shape index (κ1) is 12.1. The second kappa shape index (κ2) is 5.31. The molecule has 94 valence electrons. The Morgan fingerprint density at radius 3 is 2.94 bits per heavy atom. The molecule has 5 heteroatoms. The number of hydrogen-bond donors (Lipinski definition) is 1. The predicted octanol–water partition coefficient (Wildman–Crippen LogP) is 0.753. The maximum absolute atomic E-state index is 12.2. The molecule has 0 aliphatic heterocycles. The molecule has 1 fully saturated rings. The molecule has 0 bridgehead atoms. The average molecular weight is 236 g/mol. The van der Waals surface area contributed by atoms with Crippen molar-refractivity contribution in [1.29, 1.82) is 0 Å². The maximum atomic E-state index is 12.2. The molecule has 1 aliphatic carbocycles. The molecule has 0 radical (unpaired) electrons. The lowest BCUT2D eigenvalue weighted by atomic mass is 10.3. The van der Waals surface area contributed by atoms with Gasteiger partial charge in [0, 0.05) is 31.5 Å². The van der Waals surface area contributed by atoms with Crippen LogP contribution >= 0.6 is 0 Å². The van der Waals surface area contributed by atoms with Crippen LogP contribution in [-0.4, -0.2) is 29.2 Å². The molecule has 0 atom stereocenters. The van der Waals surface area contributed by atoms with E-state index in [0.29, 0.717) is 18.4 Å². The maximum Gasteiger partial charge on any atom is 0.293 e. The van der Waals surface area contributed by atoms with Gasteiger partial charge >= 0.3 is 0 Å². The molecular formula is C12H20N4O. The third-order valence-electron chi connectivity index (χ3n) is 3.10. The zero-order chi connectivity index (χ0) is 12.3. The zero-order valence-electron chi connectivity index (χ0n) is 10.3. The Kier molecular flexibility index (Phi) is 3.78. The van der Waals surface area contributed by atoms with Crippen LogP contribution in [0.15, 0.2) is 17.2 Å². The second-order valence-corrected chi connectivity index (χ2v) is 4.42. The Morgan fingerprint density at radius 1 is 1.59 bits per heavy atom. The summed E-state index contributed by atoms with van der Waals surface area (Å²) in [6.45, 7) is 4.26. The van der Waals surface area contributed by atoms with Gasteiger partial charge in [0.2, 0.25) is 0 Å². The van der Waals surface area contributed by atoms with Gasteiger partial charge in [0.1, 0.15) is 0 Å². The molecule has 1 aromatic heterocycles. The number of aromatic nitrogens is 2. The Hall–Kier alpha value is -1.36. The fraction of sp³-hybridized carbons (Fsp3) is 0.667. The molecule has 17 heavy (non-hydrogen) atoms. The molecule has 0 saturated heterocycles. The molecule has 0 unspecified atom stereocenters. The molecule has 0 aromatic carbocycles. The van der Waals surface area contributed by atoms with E-state index in [-0.39, 0.29) is 5.56 Å². The van der Waals surface area contributed by atoms with Crippen molar-refractivity contribution in [2.45, 2.75) is 32.2 Å². The highest BCUT2D eigenvalue weighted by molar-refractivity contribution is 5.35. The summed E-state index contributed by atoms with van der Waals surface area (Å²) in [7, 11) is 0. The fourth-order valence-electron chi connectivity index (χ4n) is 1.97. The van der Waals surface area contributed by atoms with Crippen molar-refractivity contribution < 1.29 is 0 Å². The van der Waals surface area contributed by atoms with Crippen LogP contribution in [0.4, 0.5) is 5.82 Å². The van der Waals surface area contributed by atoms with E-state index in [4.69, 9.17) is 5.73 Å². The highest BCUT2D eigenvalue weighted by Crippen LogP contribution is 2.33. The minimum Gasteiger partial charge on any atom is -0.352 e. The summed E-state index contributed by atoms with van der Waals surface area (Å²) in [6, 6.07) is 0.400. The van der Waals surface area contributed by atoms with Crippen LogP contribution < -0.4 is 16.2 Å². The van der Waals surface area contributed by atoms with Crippen molar-refractivity contribution in [3.63, 3.8) is 0 Å². The molecule has 1 aromatic rings. The van der Waals surface area contributed by atoms with E-state index >= 15 is 0 Å². The van der Waals surface area contributed by atoms with E-state index in [1.807, 2.05) is 16.4 Å². The predicted molar refractivity (Wildman–Crippen MR) is 68.3 cm³/mol. The highest BCUT2D eigenvalue weighted by atomic mass is 16.1. The van der Waals surface area contributed by atoms with Crippen molar-refractivity contribution in [2.75, 3.05) is 24.5 Å². The Bertz CT molecular complexity index is 425. The number of nitrogens with zero attached hydrogens (tertiary/aromatic N) is 3. The normalized spacial score (nSPS) is 14.9. The Morgan fingerprint density at radius 2 is 2.35 bits per heavy atom. The van der Waals surface area contributed by atoms with Gasteiger partial charge < -0.3 is 15.2 Å². The van der Waals surface area contributed by atoms with E-state index in [2.05, 4.69) is 4.98 Å². The summed E-state index contributed by atoms with van der Waals surface area (Å²) < 4.78 is 1.81. The summed E-state index contributed by atoms with van der Waals surface area (Å²) in [5.41, 5.74) is 5.54. The first-order valence-corrected chi connectivity index (χ1v) is 6.30. The lowest BCUT2D eigenvalue weighted by molar-refractivity contribution is 0.676. The van der Waals surface area contributed by atoms with Gasteiger partial charge in [0.05, 0.1) is 0 Å². The lowest BCUT2D eigenvalue weighted by Gasteiger charge is -2.21. The number of nitrogens with two attached hydrogens (primary N) is 1. The smallest absolute Gasteiger partial charge is 0.293 e. The van der Waals surface area contributed by atoms with Gasteiger partial charge in [-0.05, 0) is 32.7 Å². The Balaban J connectivity index is 2.23. The molecular weight excluding hydrogens is 216 g/mol. The van der Waals surface area contributed by atoms with Gasteiger partial charge in [-0.1, -0.05) is 0 Å². The van der Waals surface area contributed by atoms with Crippen molar-refractivity contribution in [2.24, 2.45) is 5.73 Å². The molecule has 2 rings (SSSR count). The summed E-state index contributed by atoms with van der Waals surface area (Å²) in [5, 5.41) is 0. The van der Waals surface area contributed by atoms with Crippen LogP contribution in [0, 0.1) is 0 Å². The Labute approximate surface area is 101 Å². The first-order valence-electron chi connectivity index (χ1n) is 6.30. The summed E-state index contributed by atoms with van der Waals surface area (Å²) in [4.78, 5) is 18.5. The van der Waals surface area contributed by atoms with Gasteiger partial charge in [-0.15, -0.1) is 0 Å². The van der Waals surface area contributed by atoms with E-state index in [1.54, 1.807) is 12.4 Å². The fourth-order valence-corrected chi connectivity index (χ4v) is 1.97. The molecule has 1 heterocycles. The van der Waals surface area contributed by atoms with Gasteiger partial charge in [0.25, 0.3) is 5.56 Å². The summed E-state index contributed by atoms with van der Waals surface area (Å²) in [6.07, 6.45) is 6.62. The van der Waals surface area contributed by atoms with Gasteiger partial charge in [-0.25, -0.2) is 4.98 Å². The third kappa shape index (κ3) is 2.66. The van der Waals surface area contributed by atoms with Gasteiger partial charge in [-0.3, -0.25) is 4.79 Å². The van der Waals surface area contributed by atoms with Crippen LogP contribution in [0.5, 0.6) is 0 Å². The molecule has 1 saturated carbocycles. The molecule has 2 N–H and O–H groups in total. The summed E-state index contributed by atoms with van der Waals surface area (Å²) >= 11 is 0. The highest BCUT2D eigenvalue weighted by Gasteiger charge is 2.26. The molecule has 5 nitrogen and oxygen atoms in total. The van der Waals surface area contributed by atoms with E-state index in [0.717, 1.165) is 32.4 Å². The standard InChI is InChI=1S/C12H20N4O/c1-2-15(8-3-6-13)11-12(17)16(9-7-14-11)10-4-5-10/h7,9-10H,2-6,8,13H2,1H3. The number of hydrogen-bond acceptors (Lipinski definition) is 4. The van der Waals surface area contributed by atoms with E-state index in [9.17, 15) is 4.79 Å². The van der Waals surface area contributed by atoms with E-state index < -0.39 is 0 Å². The van der Waals surface area contributed by atoms with Gasteiger partial charge in [0.15, 0.2) is 5.82 Å². The van der Waals surface area contributed by atoms with Crippen LogP contribution in [0.3, 0.4) is 0 Å². The minimum absolute atomic E-state index is 0.0360. The third-order valence-corrected chi connectivity index (χ3v) is 3.10. The largest absolute Gasteiger partial charge is 0.352 e. The van der Waals surface area contributed by atoms with Crippen LogP contribution in [0.1, 0.15) is 32.2 Å². The van der Waals surface area contributed by atoms with Crippen LogP contribution in [0.25, 0.3) is 0 Å². The molecule has 0 spiro atoms. The van der Waals surface area contributed by atoms with Crippen molar-refractivity contribution in [3.05, 3.63) is 22.7 Å². The number of anilines is 1. The van der Waals surface area contributed by atoms with Crippen molar-refractivity contribution in [3.8, 4) is 0 Å². The monoisotopic (exact) mass is 236 g/mol. The topological polar surface area (TPSA) is 64.2 Å². The average Bonchev–Trinajstić information content (AvgIpc) is 3.16. The van der Waals surface area contributed by atoms with Crippen LogP contribution in [-0.2, 0) is 0 Å². The molecule has 0 amide bonds. The zero-order valence-corrected chi connectivity index (χ0v) is 10.3.